The van der Waals surface area contributed by atoms with Gasteiger partial charge in [-0.05, 0) is 32.4 Å². The fourth-order valence-electron chi connectivity index (χ4n) is 2.92. The summed E-state index contributed by atoms with van der Waals surface area (Å²) >= 11 is 0. The van der Waals surface area contributed by atoms with Gasteiger partial charge in [-0.3, -0.25) is 9.69 Å². The summed E-state index contributed by atoms with van der Waals surface area (Å²) in [6, 6.07) is 9.90. The number of hydrogen-bond acceptors (Lipinski definition) is 2. The molecule has 0 aliphatic carbocycles. The van der Waals surface area contributed by atoms with E-state index in [4.69, 9.17) is 0 Å². The largest absolute Gasteiger partial charge is 0.293 e. The van der Waals surface area contributed by atoms with Gasteiger partial charge in [0.2, 0.25) is 0 Å². The third-order valence-corrected chi connectivity index (χ3v) is 4.02. The SMILES string of the molecule is CCCCC[C@H](C(=O)c1ccccc1)N1CCCC1. The topological polar surface area (TPSA) is 20.3 Å². The Labute approximate surface area is 116 Å². The molecule has 0 unspecified atom stereocenters. The Bertz CT molecular complexity index is 382. The van der Waals surface area contributed by atoms with Crippen molar-refractivity contribution < 1.29 is 4.79 Å². The van der Waals surface area contributed by atoms with Gasteiger partial charge in [0.25, 0.3) is 0 Å². The minimum atomic E-state index is 0.108. The molecule has 0 N–H and O–H groups in total. The highest BCUT2D eigenvalue weighted by Crippen LogP contribution is 2.20. The highest BCUT2D eigenvalue weighted by atomic mass is 16.1. The molecule has 104 valence electrons. The fraction of sp³-hybridized carbons (Fsp3) is 0.588. The number of carbonyl (C=O) groups excluding carboxylic acids is 1. The third-order valence-electron chi connectivity index (χ3n) is 4.02. The van der Waals surface area contributed by atoms with Crippen LogP contribution >= 0.6 is 0 Å². The summed E-state index contributed by atoms with van der Waals surface area (Å²) in [7, 11) is 0. The summed E-state index contributed by atoms with van der Waals surface area (Å²) in [4.78, 5) is 15.1. The van der Waals surface area contributed by atoms with Crippen molar-refractivity contribution in [1.29, 1.82) is 0 Å². The number of ketones is 1. The smallest absolute Gasteiger partial charge is 0.179 e. The zero-order valence-electron chi connectivity index (χ0n) is 12.0. The quantitative estimate of drug-likeness (QED) is 0.546. The maximum atomic E-state index is 12.7. The Hall–Kier alpha value is -1.15. The Kier molecular flexibility index (Phi) is 5.59. The van der Waals surface area contributed by atoms with Gasteiger partial charge >= 0.3 is 0 Å². The summed E-state index contributed by atoms with van der Waals surface area (Å²) in [5.74, 6) is 0.318. The first kappa shape index (κ1) is 14.3. The van der Waals surface area contributed by atoms with E-state index in [-0.39, 0.29) is 6.04 Å². The van der Waals surface area contributed by atoms with Crippen molar-refractivity contribution in [3.63, 3.8) is 0 Å². The van der Waals surface area contributed by atoms with Crippen molar-refractivity contribution in [3.05, 3.63) is 35.9 Å². The number of unbranched alkanes of at least 4 members (excludes halogenated alkanes) is 2. The zero-order chi connectivity index (χ0) is 13.5. The summed E-state index contributed by atoms with van der Waals surface area (Å²) in [6.45, 7) is 4.40. The molecule has 0 amide bonds. The van der Waals surface area contributed by atoms with E-state index in [0.717, 1.165) is 31.5 Å². The van der Waals surface area contributed by atoms with Gasteiger partial charge in [-0.2, -0.15) is 0 Å². The van der Waals surface area contributed by atoms with Crippen LogP contribution in [0.1, 0.15) is 55.8 Å². The molecule has 1 aliphatic heterocycles. The van der Waals surface area contributed by atoms with Crippen molar-refractivity contribution in [2.75, 3.05) is 13.1 Å². The highest BCUT2D eigenvalue weighted by molar-refractivity contribution is 6.00. The molecule has 0 bridgehead atoms. The summed E-state index contributed by atoms with van der Waals surface area (Å²) in [5, 5.41) is 0. The van der Waals surface area contributed by atoms with E-state index in [1.54, 1.807) is 0 Å². The average molecular weight is 259 g/mol. The van der Waals surface area contributed by atoms with Gasteiger partial charge in [0.05, 0.1) is 6.04 Å². The summed E-state index contributed by atoms with van der Waals surface area (Å²) < 4.78 is 0. The normalized spacial score (nSPS) is 17.5. The molecule has 1 aliphatic rings. The minimum absolute atomic E-state index is 0.108. The lowest BCUT2D eigenvalue weighted by molar-refractivity contribution is 0.0835. The molecule has 0 radical (unpaired) electrons. The van der Waals surface area contributed by atoms with E-state index in [0.29, 0.717) is 5.78 Å². The molecule has 19 heavy (non-hydrogen) atoms. The van der Waals surface area contributed by atoms with Crippen LogP contribution in [-0.4, -0.2) is 29.8 Å². The first-order valence-electron chi connectivity index (χ1n) is 7.66. The number of benzene rings is 1. The van der Waals surface area contributed by atoms with Crippen molar-refractivity contribution in [1.82, 2.24) is 4.90 Å². The summed E-state index contributed by atoms with van der Waals surface area (Å²) in [5.41, 5.74) is 0.871. The molecule has 1 heterocycles. The van der Waals surface area contributed by atoms with Gasteiger partial charge in [0.15, 0.2) is 5.78 Å². The van der Waals surface area contributed by atoms with E-state index in [1.807, 2.05) is 30.3 Å². The molecule has 2 nitrogen and oxygen atoms in total. The van der Waals surface area contributed by atoms with E-state index in [1.165, 1.54) is 25.7 Å². The van der Waals surface area contributed by atoms with Gasteiger partial charge in [-0.25, -0.2) is 0 Å². The predicted octanol–water partition coefficient (Wildman–Crippen LogP) is 3.91. The number of hydrogen-bond donors (Lipinski definition) is 0. The van der Waals surface area contributed by atoms with Gasteiger partial charge in [-0.1, -0.05) is 56.5 Å². The molecule has 0 aromatic heterocycles. The maximum Gasteiger partial charge on any atom is 0.179 e. The second-order valence-corrected chi connectivity index (χ2v) is 5.48. The Morgan fingerprint density at radius 3 is 2.47 bits per heavy atom. The van der Waals surface area contributed by atoms with E-state index in [9.17, 15) is 4.79 Å². The number of likely N-dealkylation sites (tertiary alicyclic amines) is 1. The molecule has 1 saturated heterocycles. The molecule has 1 fully saturated rings. The average Bonchev–Trinajstić information content (AvgIpc) is 2.98. The van der Waals surface area contributed by atoms with Crippen LogP contribution in [0.25, 0.3) is 0 Å². The second-order valence-electron chi connectivity index (χ2n) is 5.48. The number of rotatable bonds is 7. The first-order chi connectivity index (χ1) is 9.33. The highest BCUT2D eigenvalue weighted by Gasteiger charge is 2.28. The molecular formula is C17H25NO. The van der Waals surface area contributed by atoms with Crippen molar-refractivity contribution >= 4 is 5.78 Å². The Morgan fingerprint density at radius 1 is 1.16 bits per heavy atom. The van der Waals surface area contributed by atoms with Crippen LogP contribution in [0.2, 0.25) is 0 Å². The first-order valence-corrected chi connectivity index (χ1v) is 7.66. The Balaban J connectivity index is 2.05. The molecule has 0 spiro atoms. The lowest BCUT2D eigenvalue weighted by Crippen LogP contribution is -2.39. The molecule has 1 aromatic rings. The van der Waals surface area contributed by atoms with Crippen molar-refractivity contribution in [2.24, 2.45) is 0 Å². The van der Waals surface area contributed by atoms with Gasteiger partial charge < -0.3 is 0 Å². The monoisotopic (exact) mass is 259 g/mol. The molecule has 2 heteroatoms. The maximum absolute atomic E-state index is 12.7. The van der Waals surface area contributed by atoms with Gasteiger partial charge in [-0.15, -0.1) is 0 Å². The molecular weight excluding hydrogens is 234 g/mol. The van der Waals surface area contributed by atoms with Crippen LogP contribution in [-0.2, 0) is 0 Å². The van der Waals surface area contributed by atoms with Crippen LogP contribution in [0, 0.1) is 0 Å². The number of Topliss-reactive ketones (excluding diaryl/α,β-unsaturated/α-hetero) is 1. The van der Waals surface area contributed by atoms with Crippen LogP contribution in [0.4, 0.5) is 0 Å². The predicted molar refractivity (Wildman–Crippen MR) is 79.5 cm³/mol. The molecule has 2 rings (SSSR count). The molecule has 1 atom stereocenters. The van der Waals surface area contributed by atoms with Gasteiger partial charge in [0.1, 0.15) is 0 Å². The van der Waals surface area contributed by atoms with E-state index < -0.39 is 0 Å². The van der Waals surface area contributed by atoms with E-state index >= 15 is 0 Å². The van der Waals surface area contributed by atoms with E-state index in [2.05, 4.69) is 11.8 Å². The summed E-state index contributed by atoms with van der Waals surface area (Å²) in [6.07, 6.45) is 7.11. The van der Waals surface area contributed by atoms with Crippen molar-refractivity contribution in [3.8, 4) is 0 Å². The minimum Gasteiger partial charge on any atom is -0.293 e. The van der Waals surface area contributed by atoms with Crippen LogP contribution in [0.15, 0.2) is 30.3 Å². The van der Waals surface area contributed by atoms with Crippen LogP contribution in [0.5, 0.6) is 0 Å². The lowest BCUT2D eigenvalue weighted by atomic mass is 9.98. The van der Waals surface area contributed by atoms with Gasteiger partial charge in [0, 0.05) is 5.56 Å². The zero-order valence-corrected chi connectivity index (χ0v) is 12.0. The fourth-order valence-corrected chi connectivity index (χ4v) is 2.92. The Morgan fingerprint density at radius 2 is 1.84 bits per heavy atom. The number of carbonyl (C=O) groups is 1. The van der Waals surface area contributed by atoms with Crippen LogP contribution < -0.4 is 0 Å². The second kappa shape index (κ2) is 7.44. The van der Waals surface area contributed by atoms with Crippen LogP contribution in [0.3, 0.4) is 0 Å². The molecule has 1 aromatic carbocycles. The molecule has 0 saturated carbocycles. The lowest BCUT2D eigenvalue weighted by Gasteiger charge is -2.26. The standard InChI is InChI=1S/C17H25NO/c1-2-3-5-12-16(18-13-8-9-14-18)17(19)15-10-6-4-7-11-15/h4,6-7,10-11,16H,2-3,5,8-9,12-14H2,1H3/t16-/m1/s1. The third kappa shape index (κ3) is 3.90. The number of nitrogens with zero attached hydrogens (tertiary/aromatic N) is 1. The van der Waals surface area contributed by atoms with Crippen molar-refractivity contribution in [2.45, 2.75) is 51.5 Å².